The monoisotopic (exact) mass is 405 g/mol. The van der Waals surface area contributed by atoms with Gasteiger partial charge in [-0.15, -0.1) is 0 Å². The minimum absolute atomic E-state index is 0.0543. The first-order chi connectivity index (χ1) is 14.5. The third-order valence-electron chi connectivity index (χ3n) is 5.30. The molecule has 2 N–H and O–H groups in total. The number of hydrogen-bond acceptors (Lipinski definition) is 4. The van der Waals surface area contributed by atoms with Crippen LogP contribution in [-0.4, -0.2) is 55.0 Å². The second kappa shape index (κ2) is 8.51. The van der Waals surface area contributed by atoms with Crippen LogP contribution < -0.4 is 10.6 Å². The van der Waals surface area contributed by atoms with E-state index in [4.69, 9.17) is 4.74 Å². The summed E-state index contributed by atoms with van der Waals surface area (Å²) in [6, 6.07) is 14.4. The number of carbonyl (C=O) groups is 3. The molecule has 7 nitrogen and oxygen atoms in total. The fourth-order valence-corrected chi connectivity index (χ4v) is 3.89. The summed E-state index contributed by atoms with van der Waals surface area (Å²) in [5, 5.41) is 5.68. The van der Waals surface area contributed by atoms with Gasteiger partial charge in [0.1, 0.15) is 12.6 Å². The van der Waals surface area contributed by atoms with Gasteiger partial charge in [0, 0.05) is 19.7 Å². The van der Waals surface area contributed by atoms with E-state index in [9.17, 15) is 14.4 Å². The lowest BCUT2D eigenvalue weighted by atomic mass is 10.1. The molecule has 0 spiro atoms. The van der Waals surface area contributed by atoms with Crippen LogP contribution in [0.25, 0.3) is 12.2 Å². The second-order valence-electron chi connectivity index (χ2n) is 7.44. The third kappa shape index (κ3) is 4.11. The van der Waals surface area contributed by atoms with Gasteiger partial charge in [0.15, 0.2) is 0 Å². The van der Waals surface area contributed by atoms with E-state index in [0.29, 0.717) is 17.7 Å². The molecule has 2 aliphatic rings. The fraction of sp³-hybridized carbons (Fsp3) is 0.261. The highest BCUT2D eigenvalue weighted by atomic mass is 16.5. The van der Waals surface area contributed by atoms with E-state index in [1.807, 2.05) is 48.6 Å². The number of nitrogens with one attached hydrogen (secondary N) is 2. The first-order valence-electron chi connectivity index (χ1n) is 9.82. The maximum atomic E-state index is 13.2. The van der Waals surface area contributed by atoms with Gasteiger partial charge in [-0.05, 0) is 29.7 Å². The molecule has 0 aliphatic carbocycles. The number of rotatable bonds is 5. The summed E-state index contributed by atoms with van der Waals surface area (Å²) in [4.78, 5) is 39.3. The number of methoxy groups -OCH3 is 1. The molecule has 1 fully saturated rings. The molecule has 4 rings (SSSR count). The quantitative estimate of drug-likeness (QED) is 0.747. The molecule has 2 aromatic rings. The molecule has 2 aromatic carbocycles. The predicted molar refractivity (Wildman–Crippen MR) is 114 cm³/mol. The molecule has 0 radical (unpaired) electrons. The predicted octanol–water partition coefficient (Wildman–Crippen LogP) is 2.15. The van der Waals surface area contributed by atoms with Crippen molar-refractivity contribution < 1.29 is 19.1 Å². The number of amides is 3. The summed E-state index contributed by atoms with van der Waals surface area (Å²) in [7, 11) is 1.44. The molecule has 2 heterocycles. The van der Waals surface area contributed by atoms with E-state index in [2.05, 4.69) is 10.6 Å². The van der Waals surface area contributed by atoms with Gasteiger partial charge in [-0.2, -0.15) is 0 Å². The smallest absolute Gasteiger partial charge is 0.256 e. The van der Waals surface area contributed by atoms with Crippen molar-refractivity contribution in [1.82, 2.24) is 10.2 Å². The Balaban J connectivity index is 1.56. The van der Waals surface area contributed by atoms with E-state index < -0.39 is 6.04 Å². The topological polar surface area (TPSA) is 87.7 Å². The Morgan fingerprint density at radius 2 is 1.93 bits per heavy atom. The highest BCUT2D eigenvalue weighted by Gasteiger charge is 2.43. The molecule has 30 heavy (non-hydrogen) atoms. The zero-order valence-corrected chi connectivity index (χ0v) is 16.6. The van der Waals surface area contributed by atoms with Crippen LogP contribution in [0.2, 0.25) is 0 Å². The van der Waals surface area contributed by atoms with Crippen LogP contribution in [0.1, 0.15) is 27.9 Å². The molecule has 2 aliphatic heterocycles. The minimum Gasteiger partial charge on any atom is -0.375 e. The zero-order valence-electron chi connectivity index (χ0n) is 16.6. The van der Waals surface area contributed by atoms with Gasteiger partial charge < -0.3 is 20.3 Å². The summed E-state index contributed by atoms with van der Waals surface area (Å²) in [5.41, 5.74) is 2.88. The van der Waals surface area contributed by atoms with Crippen LogP contribution in [0.15, 0.2) is 48.5 Å². The van der Waals surface area contributed by atoms with E-state index in [1.54, 1.807) is 17.0 Å². The van der Waals surface area contributed by atoms with Crippen molar-refractivity contribution in [2.75, 3.05) is 25.6 Å². The third-order valence-corrected chi connectivity index (χ3v) is 5.30. The van der Waals surface area contributed by atoms with Gasteiger partial charge in [0.05, 0.1) is 11.3 Å². The Hall–Kier alpha value is -3.45. The van der Waals surface area contributed by atoms with E-state index in [1.165, 1.54) is 7.11 Å². The molecular weight excluding hydrogens is 382 g/mol. The van der Waals surface area contributed by atoms with Crippen LogP contribution in [0.4, 0.5) is 5.69 Å². The van der Waals surface area contributed by atoms with Crippen molar-refractivity contribution >= 4 is 35.6 Å². The highest BCUT2D eigenvalue weighted by Crippen LogP contribution is 2.30. The van der Waals surface area contributed by atoms with Crippen molar-refractivity contribution in [3.05, 3.63) is 65.2 Å². The summed E-state index contributed by atoms with van der Waals surface area (Å²) in [5.74, 6) is -0.716. The lowest BCUT2D eigenvalue weighted by Crippen LogP contribution is -2.41. The Morgan fingerprint density at radius 3 is 2.70 bits per heavy atom. The molecule has 7 heteroatoms. The van der Waals surface area contributed by atoms with Gasteiger partial charge in [0.25, 0.3) is 5.91 Å². The number of nitrogens with zero attached hydrogens (tertiary/aromatic N) is 1. The summed E-state index contributed by atoms with van der Waals surface area (Å²) < 4.78 is 4.83. The van der Waals surface area contributed by atoms with Gasteiger partial charge in [-0.3, -0.25) is 14.4 Å². The maximum Gasteiger partial charge on any atom is 0.256 e. The van der Waals surface area contributed by atoms with Crippen molar-refractivity contribution in [2.24, 2.45) is 0 Å². The molecular formula is C23H23N3O4. The van der Waals surface area contributed by atoms with E-state index in [-0.39, 0.29) is 36.9 Å². The molecule has 0 aromatic heterocycles. The lowest BCUT2D eigenvalue weighted by molar-refractivity contribution is -0.125. The molecule has 0 unspecified atom stereocenters. The normalized spacial score (nSPS) is 20.5. The lowest BCUT2D eigenvalue weighted by Gasteiger charge is -2.20. The fourth-order valence-electron chi connectivity index (χ4n) is 3.89. The number of hydrogen-bond donors (Lipinski definition) is 2. The second-order valence-corrected chi connectivity index (χ2v) is 7.44. The van der Waals surface area contributed by atoms with Crippen LogP contribution >= 0.6 is 0 Å². The van der Waals surface area contributed by atoms with Gasteiger partial charge in [-0.1, -0.05) is 48.6 Å². The average Bonchev–Trinajstić information content (AvgIpc) is 3.13. The molecule has 2 atom stereocenters. The Morgan fingerprint density at radius 1 is 1.17 bits per heavy atom. The van der Waals surface area contributed by atoms with E-state index in [0.717, 1.165) is 11.1 Å². The van der Waals surface area contributed by atoms with Crippen LogP contribution in [-0.2, 0) is 14.3 Å². The summed E-state index contributed by atoms with van der Waals surface area (Å²) >= 11 is 0. The van der Waals surface area contributed by atoms with E-state index >= 15 is 0 Å². The van der Waals surface area contributed by atoms with Crippen LogP contribution in [0.5, 0.6) is 0 Å². The first kappa shape index (κ1) is 19.8. The number of carbonyl (C=O) groups excluding carboxylic acids is 3. The van der Waals surface area contributed by atoms with Gasteiger partial charge >= 0.3 is 0 Å². The van der Waals surface area contributed by atoms with Crippen LogP contribution in [0.3, 0.4) is 0 Å². The Labute approximate surface area is 174 Å². The Bertz CT molecular complexity index is 1000. The largest absolute Gasteiger partial charge is 0.375 e. The number of fused-ring (bicyclic) bond motifs is 2. The summed E-state index contributed by atoms with van der Waals surface area (Å²) in [6.07, 6.45) is 4.29. The minimum atomic E-state index is -0.610. The van der Waals surface area contributed by atoms with Crippen LogP contribution in [0, 0.1) is 0 Å². The number of anilines is 1. The SMILES string of the molecule is COCC(=O)N[C@H]1C[C@H]2C(=O)Nc3ccc(/C=C/c4ccccc4)cc3C(=O)N2C1. The highest BCUT2D eigenvalue weighted by molar-refractivity contribution is 6.10. The molecule has 154 valence electrons. The van der Waals surface area contributed by atoms with Crippen molar-refractivity contribution in [1.29, 1.82) is 0 Å². The maximum absolute atomic E-state index is 13.2. The molecule has 0 bridgehead atoms. The van der Waals surface area contributed by atoms with Crippen molar-refractivity contribution in [3.8, 4) is 0 Å². The number of ether oxygens (including phenoxy) is 1. The van der Waals surface area contributed by atoms with Gasteiger partial charge in [-0.25, -0.2) is 0 Å². The first-order valence-corrected chi connectivity index (χ1v) is 9.82. The number of benzene rings is 2. The van der Waals surface area contributed by atoms with Crippen molar-refractivity contribution in [3.63, 3.8) is 0 Å². The van der Waals surface area contributed by atoms with Crippen molar-refractivity contribution in [2.45, 2.75) is 18.5 Å². The molecule has 3 amide bonds. The average molecular weight is 405 g/mol. The Kier molecular flexibility index (Phi) is 5.63. The van der Waals surface area contributed by atoms with Gasteiger partial charge in [0.2, 0.25) is 11.8 Å². The standard InChI is InChI=1S/C23H23N3O4/c1-30-14-21(27)24-17-12-20-22(28)25-19-10-9-16(8-7-15-5-3-2-4-6-15)11-18(19)23(29)26(20)13-17/h2-11,17,20H,12-14H2,1H3,(H,24,27)(H,25,28)/b8-7+/t17-,20-/m0/s1. The summed E-state index contributed by atoms with van der Waals surface area (Å²) in [6.45, 7) is 0.233. The zero-order chi connectivity index (χ0) is 21.1. The molecule has 0 saturated carbocycles. The molecule has 1 saturated heterocycles.